The molecule has 16 heavy (non-hydrogen) atoms. The zero-order valence-electron chi connectivity index (χ0n) is 8.99. The smallest absolute Gasteiger partial charge is 0.275 e. The Kier molecular flexibility index (Phi) is 3.10. The third kappa shape index (κ3) is 2.02. The Morgan fingerprint density at radius 3 is 3.00 bits per heavy atom. The van der Waals surface area contributed by atoms with Crippen molar-refractivity contribution in [1.29, 1.82) is 0 Å². The largest absolute Gasteiger partial charge is 0.319 e. The molecule has 0 bridgehead atoms. The molecule has 0 fully saturated rings. The van der Waals surface area contributed by atoms with Crippen molar-refractivity contribution in [3.05, 3.63) is 46.9 Å². The third-order valence-corrected chi connectivity index (χ3v) is 3.01. The lowest BCUT2D eigenvalue weighted by Crippen LogP contribution is -2.13. The van der Waals surface area contributed by atoms with Crippen LogP contribution in [0, 0.1) is 0 Å². The standard InChI is InChI=1S/C12H12N2OS/c1-3-16-8(2)11-12(15)14-10-7-5-4-6-9(10)13-11/h4-7H,2-3H2,1H3,(H,14,15). The minimum absolute atomic E-state index is 0.176. The van der Waals surface area contributed by atoms with E-state index in [-0.39, 0.29) is 5.56 Å². The molecule has 2 rings (SSSR count). The van der Waals surface area contributed by atoms with Crippen LogP contribution in [0.3, 0.4) is 0 Å². The monoisotopic (exact) mass is 232 g/mol. The van der Waals surface area contributed by atoms with Crippen LogP contribution in [0.1, 0.15) is 12.6 Å². The van der Waals surface area contributed by atoms with Gasteiger partial charge >= 0.3 is 0 Å². The van der Waals surface area contributed by atoms with Crippen molar-refractivity contribution in [3.63, 3.8) is 0 Å². The van der Waals surface area contributed by atoms with Crippen LogP contribution in [0.2, 0.25) is 0 Å². The first-order valence-corrected chi connectivity index (χ1v) is 6.02. The van der Waals surface area contributed by atoms with Gasteiger partial charge in [-0.25, -0.2) is 4.98 Å². The van der Waals surface area contributed by atoms with Gasteiger partial charge in [-0.2, -0.15) is 0 Å². The van der Waals surface area contributed by atoms with Crippen molar-refractivity contribution in [2.24, 2.45) is 0 Å². The maximum Gasteiger partial charge on any atom is 0.275 e. The van der Waals surface area contributed by atoms with Gasteiger partial charge in [-0.3, -0.25) is 4.79 Å². The first kappa shape index (κ1) is 11.0. The Bertz CT molecular complexity index is 589. The SMILES string of the molecule is C=C(SCC)c1nc2ccccc2[nH]c1=O. The highest BCUT2D eigenvalue weighted by Crippen LogP contribution is 2.21. The molecule has 1 N–H and O–H groups in total. The van der Waals surface area contributed by atoms with Gasteiger partial charge in [0.1, 0.15) is 5.69 Å². The van der Waals surface area contributed by atoms with E-state index in [1.165, 1.54) is 11.8 Å². The van der Waals surface area contributed by atoms with Crippen LogP contribution in [0.4, 0.5) is 0 Å². The maximum absolute atomic E-state index is 11.8. The summed E-state index contributed by atoms with van der Waals surface area (Å²) < 4.78 is 0. The lowest BCUT2D eigenvalue weighted by atomic mass is 10.3. The van der Waals surface area contributed by atoms with Gasteiger partial charge in [-0.05, 0) is 17.9 Å². The van der Waals surface area contributed by atoms with Gasteiger partial charge in [-0.1, -0.05) is 25.6 Å². The van der Waals surface area contributed by atoms with E-state index in [9.17, 15) is 4.79 Å². The van der Waals surface area contributed by atoms with E-state index in [0.29, 0.717) is 5.69 Å². The molecule has 0 unspecified atom stereocenters. The van der Waals surface area contributed by atoms with Crippen LogP contribution in [-0.2, 0) is 0 Å². The molecule has 0 aliphatic rings. The summed E-state index contributed by atoms with van der Waals surface area (Å²) in [5.74, 6) is 0.882. The average Bonchev–Trinajstić information content (AvgIpc) is 2.28. The highest BCUT2D eigenvalue weighted by molar-refractivity contribution is 8.08. The lowest BCUT2D eigenvalue weighted by molar-refractivity contribution is 1.19. The molecule has 2 aromatic rings. The summed E-state index contributed by atoms with van der Waals surface area (Å²) >= 11 is 1.53. The summed E-state index contributed by atoms with van der Waals surface area (Å²) in [4.78, 5) is 19.6. The Morgan fingerprint density at radius 2 is 2.25 bits per heavy atom. The first-order valence-electron chi connectivity index (χ1n) is 5.03. The summed E-state index contributed by atoms with van der Waals surface area (Å²) in [6.45, 7) is 5.88. The normalized spacial score (nSPS) is 10.6. The van der Waals surface area contributed by atoms with Gasteiger partial charge < -0.3 is 4.98 Å². The van der Waals surface area contributed by atoms with Crippen LogP contribution in [-0.4, -0.2) is 15.7 Å². The Morgan fingerprint density at radius 1 is 1.50 bits per heavy atom. The summed E-state index contributed by atoms with van der Waals surface area (Å²) in [5.41, 5.74) is 1.79. The molecular formula is C12H12N2OS. The van der Waals surface area contributed by atoms with E-state index >= 15 is 0 Å². The molecule has 1 aromatic heterocycles. The maximum atomic E-state index is 11.8. The third-order valence-electron chi connectivity index (χ3n) is 2.18. The van der Waals surface area contributed by atoms with Crippen molar-refractivity contribution in [1.82, 2.24) is 9.97 Å². The van der Waals surface area contributed by atoms with E-state index in [1.54, 1.807) is 0 Å². The predicted octanol–water partition coefficient (Wildman–Crippen LogP) is 2.65. The van der Waals surface area contributed by atoms with Gasteiger partial charge in [-0.15, -0.1) is 11.8 Å². The lowest BCUT2D eigenvalue weighted by Gasteiger charge is -2.03. The first-order chi connectivity index (χ1) is 7.72. The number of nitrogens with zero attached hydrogens (tertiary/aromatic N) is 1. The molecule has 0 amide bonds. The fourth-order valence-electron chi connectivity index (χ4n) is 1.46. The topological polar surface area (TPSA) is 45.8 Å². The number of nitrogens with one attached hydrogen (secondary N) is 1. The number of rotatable bonds is 3. The molecule has 0 aliphatic heterocycles. The minimum atomic E-state index is -0.176. The summed E-state index contributed by atoms with van der Waals surface area (Å²) in [6.07, 6.45) is 0. The van der Waals surface area contributed by atoms with E-state index in [1.807, 2.05) is 31.2 Å². The van der Waals surface area contributed by atoms with Gasteiger partial charge in [0.05, 0.1) is 11.0 Å². The highest BCUT2D eigenvalue weighted by Gasteiger charge is 2.07. The van der Waals surface area contributed by atoms with Crippen molar-refractivity contribution < 1.29 is 0 Å². The number of aromatic nitrogens is 2. The second-order valence-corrected chi connectivity index (χ2v) is 4.65. The zero-order valence-corrected chi connectivity index (χ0v) is 9.80. The Labute approximate surface area is 97.6 Å². The van der Waals surface area contributed by atoms with Crippen LogP contribution in [0.15, 0.2) is 35.6 Å². The Balaban J connectivity index is 2.58. The molecule has 4 heteroatoms. The second-order valence-electron chi connectivity index (χ2n) is 3.29. The van der Waals surface area contributed by atoms with Crippen LogP contribution in [0.5, 0.6) is 0 Å². The average molecular weight is 232 g/mol. The summed E-state index contributed by atoms with van der Waals surface area (Å²) in [5, 5.41) is 0. The minimum Gasteiger partial charge on any atom is -0.319 e. The number of thioether (sulfide) groups is 1. The van der Waals surface area contributed by atoms with Gasteiger partial charge in [0.25, 0.3) is 5.56 Å². The number of H-pyrrole nitrogens is 1. The highest BCUT2D eigenvalue weighted by atomic mass is 32.2. The van der Waals surface area contributed by atoms with Crippen molar-refractivity contribution in [2.45, 2.75) is 6.92 Å². The van der Waals surface area contributed by atoms with Crippen molar-refractivity contribution >= 4 is 27.7 Å². The fourth-order valence-corrected chi connectivity index (χ4v) is 2.08. The number of hydrogen-bond acceptors (Lipinski definition) is 3. The number of fused-ring (bicyclic) bond motifs is 1. The van der Waals surface area contributed by atoms with Crippen LogP contribution >= 0.6 is 11.8 Å². The van der Waals surface area contributed by atoms with Crippen molar-refractivity contribution in [3.8, 4) is 0 Å². The summed E-state index contributed by atoms with van der Waals surface area (Å²) in [6, 6.07) is 7.48. The number of aromatic amines is 1. The number of hydrogen-bond donors (Lipinski definition) is 1. The molecule has 0 atom stereocenters. The molecular weight excluding hydrogens is 220 g/mol. The Hall–Kier alpha value is -1.55. The van der Waals surface area contributed by atoms with Crippen LogP contribution < -0.4 is 5.56 Å². The number of benzene rings is 1. The van der Waals surface area contributed by atoms with E-state index < -0.39 is 0 Å². The van der Waals surface area contributed by atoms with Gasteiger partial charge in [0.2, 0.25) is 0 Å². The van der Waals surface area contributed by atoms with Gasteiger partial charge in [0.15, 0.2) is 0 Å². The van der Waals surface area contributed by atoms with Crippen molar-refractivity contribution in [2.75, 3.05) is 5.75 Å². The van der Waals surface area contributed by atoms with E-state index in [4.69, 9.17) is 0 Å². The molecule has 0 saturated heterocycles. The second kappa shape index (κ2) is 4.53. The van der Waals surface area contributed by atoms with Crippen LogP contribution in [0.25, 0.3) is 15.9 Å². The zero-order chi connectivity index (χ0) is 11.5. The molecule has 0 aliphatic carbocycles. The van der Waals surface area contributed by atoms with E-state index in [2.05, 4.69) is 16.5 Å². The molecule has 0 radical (unpaired) electrons. The molecule has 1 heterocycles. The number of para-hydroxylation sites is 2. The molecule has 1 aromatic carbocycles. The molecule has 0 spiro atoms. The molecule has 3 nitrogen and oxygen atoms in total. The van der Waals surface area contributed by atoms with E-state index in [0.717, 1.165) is 21.7 Å². The molecule has 0 saturated carbocycles. The fraction of sp³-hybridized carbons (Fsp3) is 0.167. The molecule has 82 valence electrons. The van der Waals surface area contributed by atoms with Gasteiger partial charge in [0, 0.05) is 4.91 Å². The quantitative estimate of drug-likeness (QED) is 0.884. The summed E-state index contributed by atoms with van der Waals surface area (Å²) in [7, 11) is 0. The predicted molar refractivity (Wildman–Crippen MR) is 69.5 cm³/mol.